The summed E-state index contributed by atoms with van der Waals surface area (Å²) in [6.45, 7) is 0.974. The first-order valence-electron chi connectivity index (χ1n) is 9.70. The number of ether oxygens (including phenoxy) is 2. The Hall–Kier alpha value is -1.14. The summed E-state index contributed by atoms with van der Waals surface area (Å²) < 4.78 is 10.1. The third kappa shape index (κ3) is 8.19. The van der Waals surface area contributed by atoms with E-state index in [2.05, 4.69) is 0 Å². The van der Waals surface area contributed by atoms with Crippen molar-refractivity contribution < 1.29 is 29.3 Å². The molecule has 2 fully saturated rings. The van der Waals surface area contributed by atoms with Crippen molar-refractivity contribution in [1.82, 2.24) is 0 Å². The zero-order valence-corrected chi connectivity index (χ0v) is 15.0. The molecule has 0 bridgehead atoms. The SMILES string of the molecule is O=C1CCC(CCC(O)CCCC(O)CCC2CCC(=O)OC2)CO1. The van der Waals surface area contributed by atoms with Crippen molar-refractivity contribution in [3.8, 4) is 0 Å². The normalized spacial score (nSPS) is 26.6. The molecule has 0 aromatic rings. The van der Waals surface area contributed by atoms with Crippen molar-refractivity contribution >= 4 is 11.9 Å². The predicted octanol–water partition coefficient (Wildman–Crippen LogP) is 2.35. The molecule has 0 aromatic carbocycles. The summed E-state index contributed by atoms with van der Waals surface area (Å²) in [4.78, 5) is 22.0. The van der Waals surface area contributed by atoms with E-state index in [4.69, 9.17) is 9.47 Å². The fraction of sp³-hybridized carbons (Fsp3) is 0.895. The van der Waals surface area contributed by atoms with Crippen LogP contribution in [0.15, 0.2) is 0 Å². The van der Waals surface area contributed by atoms with Crippen LogP contribution in [-0.4, -0.2) is 47.6 Å². The summed E-state index contributed by atoms with van der Waals surface area (Å²) in [7, 11) is 0. The molecule has 2 aliphatic rings. The lowest BCUT2D eigenvalue weighted by Crippen LogP contribution is -2.23. The van der Waals surface area contributed by atoms with Crippen molar-refractivity contribution in [2.45, 2.75) is 82.8 Å². The standard InChI is InChI=1S/C19H32O6/c20-16(8-4-14-6-10-18(22)24-12-14)2-1-3-17(21)9-5-15-7-11-19(23)25-13-15/h14-17,20-21H,1-13H2. The number of aliphatic hydroxyl groups is 2. The Labute approximate surface area is 149 Å². The predicted molar refractivity (Wildman–Crippen MR) is 91.7 cm³/mol. The van der Waals surface area contributed by atoms with Gasteiger partial charge in [0.05, 0.1) is 25.4 Å². The van der Waals surface area contributed by atoms with Crippen LogP contribution in [0.2, 0.25) is 0 Å². The maximum atomic E-state index is 11.0. The highest BCUT2D eigenvalue weighted by Gasteiger charge is 2.22. The molecule has 0 saturated carbocycles. The molecule has 2 N–H and O–H groups in total. The van der Waals surface area contributed by atoms with Gasteiger partial charge in [0.2, 0.25) is 0 Å². The van der Waals surface area contributed by atoms with E-state index in [1.807, 2.05) is 0 Å². The van der Waals surface area contributed by atoms with Crippen LogP contribution in [0, 0.1) is 11.8 Å². The molecule has 0 aromatic heterocycles. The highest BCUT2D eigenvalue weighted by Crippen LogP contribution is 2.23. The maximum absolute atomic E-state index is 11.0. The minimum absolute atomic E-state index is 0.114. The van der Waals surface area contributed by atoms with E-state index in [1.165, 1.54) is 0 Å². The molecule has 6 nitrogen and oxygen atoms in total. The number of carbonyl (C=O) groups excluding carboxylic acids is 2. The van der Waals surface area contributed by atoms with Gasteiger partial charge in [0.15, 0.2) is 0 Å². The third-order valence-electron chi connectivity index (χ3n) is 5.36. The fourth-order valence-corrected chi connectivity index (χ4v) is 3.57. The molecule has 25 heavy (non-hydrogen) atoms. The minimum atomic E-state index is -0.345. The van der Waals surface area contributed by atoms with E-state index in [-0.39, 0.29) is 24.1 Å². The Kier molecular flexibility index (Phi) is 8.68. The van der Waals surface area contributed by atoms with Crippen molar-refractivity contribution in [2.24, 2.45) is 11.8 Å². The van der Waals surface area contributed by atoms with E-state index in [9.17, 15) is 19.8 Å². The summed E-state index contributed by atoms with van der Waals surface area (Å²) in [6, 6.07) is 0. The van der Waals surface area contributed by atoms with E-state index >= 15 is 0 Å². The number of hydrogen-bond donors (Lipinski definition) is 2. The molecule has 0 spiro atoms. The molecule has 0 aliphatic carbocycles. The molecule has 2 saturated heterocycles. The molecular weight excluding hydrogens is 324 g/mol. The zero-order chi connectivity index (χ0) is 18.1. The van der Waals surface area contributed by atoms with Gasteiger partial charge < -0.3 is 19.7 Å². The van der Waals surface area contributed by atoms with Gasteiger partial charge in [-0.1, -0.05) is 0 Å². The van der Waals surface area contributed by atoms with E-state index in [0.717, 1.165) is 44.9 Å². The first-order valence-corrected chi connectivity index (χ1v) is 9.70. The quantitative estimate of drug-likeness (QED) is 0.584. The topological polar surface area (TPSA) is 93.1 Å². The molecule has 2 heterocycles. The van der Waals surface area contributed by atoms with Crippen LogP contribution < -0.4 is 0 Å². The van der Waals surface area contributed by atoms with Crippen molar-refractivity contribution in [3.05, 3.63) is 0 Å². The molecule has 2 aliphatic heterocycles. The van der Waals surface area contributed by atoms with Gasteiger partial charge in [-0.05, 0) is 69.6 Å². The van der Waals surface area contributed by atoms with Gasteiger partial charge in [0, 0.05) is 12.8 Å². The Bertz CT molecular complexity index is 366. The highest BCUT2D eigenvalue weighted by atomic mass is 16.5. The summed E-state index contributed by atoms with van der Waals surface area (Å²) in [6.07, 6.45) is 7.45. The molecule has 144 valence electrons. The Morgan fingerprint density at radius 1 is 0.800 bits per heavy atom. The second kappa shape index (κ2) is 10.8. The Balaban J connectivity index is 1.46. The molecule has 2 rings (SSSR count). The summed E-state index contributed by atoms with van der Waals surface area (Å²) in [5, 5.41) is 20.1. The number of carbonyl (C=O) groups is 2. The van der Waals surface area contributed by atoms with Crippen LogP contribution in [0.1, 0.15) is 70.6 Å². The van der Waals surface area contributed by atoms with Crippen LogP contribution in [0.4, 0.5) is 0 Å². The lowest BCUT2D eigenvalue weighted by Gasteiger charge is -2.23. The van der Waals surface area contributed by atoms with Crippen LogP contribution in [0.3, 0.4) is 0 Å². The van der Waals surface area contributed by atoms with Gasteiger partial charge >= 0.3 is 11.9 Å². The smallest absolute Gasteiger partial charge is 0.305 e. The molecule has 0 amide bonds. The average molecular weight is 356 g/mol. The second-order valence-electron chi connectivity index (χ2n) is 7.57. The van der Waals surface area contributed by atoms with E-state index < -0.39 is 0 Å². The number of esters is 2. The fourth-order valence-electron chi connectivity index (χ4n) is 3.57. The number of hydrogen-bond acceptors (Lipinski definition) is 6. The maximum Gasteiger partial charge on any atom is 0.305 e. The Morgan fingerprint density at radius 3 is 1.60 bits per heavy atom. The monoisotopic (exact) mass is 356 g/mol. The van der Waals surface area contributed by atoms with Gasteiger partial charge in [-0.15, -0.1) is 0 Å². The molecule has 4 unspecified atom stereocenters. The van der Waals surface area contributed by atoms with Crippen LogP contribution in [0.25, 0.3) is 0 Å². The molecular formula is C19H32O6. The van der Waals surface area contributed by atoms with Crippen LogP contribution >= 0.6 is 0 Å². The van der Waals surface area contributed by atoms with Gasteiger partial charge in [-0.25, -0.2) is 0 Å². The highest BCUT2D eigenvalue weighted by molar-refractivity contribution is 5.70. The average Bonchev–Trinajstić information content (AvgIpc) is 2.61. The van der Waals surface area contributed by atoms with Gasteiger partial charge in [0.1, 0.15) is 0 Å². The van der Waals surface area contributed by atoms with Gasteiger partial charge in [0.25, 0.3) is 0 Å². The summed E-state index contributed by atoms with van der Waals surface area (Å²) in [5.74, 6) is 0.527. The van der Waals surface area contributed by atoms with Crippen molar-refractivity contribution in [1.29, 1.82) is 0 Å². The van der Waals surface area contributed by atoms with Crippen LogP contribution in [-0.2, 0) is 19.1 Å². The van der Waals surface area contributed by atoms with Gasteiger partial charge in [-0.3, -0.25) is 9.59 Å². The lowest BCUT2D eigenvalue weighted by molar-refractivity contribution is -0.150. The molecule has 6 heteroatoms. The van der Waals surface area contributed by atoms with Gasteiger partial charge in [-0.2, -0.15) is 0 Å². The molecule has 0 radical (unpaired) electrons. The van der Waals surface area contributed by atoms with Crippen LogP contribution in [0.5, 0.6) is 0 Å². The number of aliphatic hydroxyl groups excluding tert-OH is 2. The Morgan fingerprint density at radius 2 is 1.24 bits per heavy atom. The van der Waals surface area contributed by atoms with Crippen molar-refractivity contribution in [3.63, 3.8) is 0 Å². The largest absolute Gasteiger partial charge is 0.465 e. The number of cyclic esters (lactones) is 2. The summed E-state index contributed by atoms with van der Waals surface area (Å²) in [5.41, 5.74) is 0. The third-order valence-corrected chi connectivity index (χ3v) is 5.36. The summed E-state index contributed by atoms with van der Waals surface area (Å²) >= 11 is 0. The lowest BCUT2D eigenvalue weighted by atomic mass is 9.92. The first kappa shape index (κ1) is 20.2. The van der Waals surface area contributed by atoms with E-state index in [1.54, 1.807) is 0 Å². The second-order valence-corrected chi connectivity index (χ2v) is 7.57. The minimum Gasteiger partial charge on any atom is -0.465 e. The molecule has 4 atom stereocenters. The van der Waals surface area contributed by atoms with E-state index in [0.29, 0.717) is 50.7 Å². The van der Waals surface area contributed by atoms with Crippen molar-refractivity contribution in [2.75, 3.05) is 13.2 Å². The first-order chi connectivity index (χ1) is 12.0. The number of rotatable bonds is 10. The zero-order valence-electron chi connectivity index (χ0n) is 15.0.